The van der Waals surface area contributed by atoms with Crippen LogP contribution < -0.4 is 4.74 Å². The largest absolute Gasteiger partial charge is 0.504 e. The minimum atomic E-state index is 0.142. The number of phenolic OH excluding ortho intramolecular Hbond substituents is 1. The predicted octanol–water partition coefficient (Wildman–Crippen LogP) is 3.09. The smallest absolute Gasteiger partial charge is 0.216 e. The van der Waals surface area contributed by atoms with E-state index >= 15 is 0 Å². The van der Waals surface area contributed by atoms with Gasteiger partial charge >= 0.3 is 0 Å². The van der Waals surface area contributed by atoms with Crippen LogP contribution in [0.4, 0.5) is 0 Å². The van der Waals surface area contributed by atoms with E-state index in [1.807, 2.05) is 19.9 Å². The van der Waals surface area contributed by atoms with Crippen molar-refractivity contribution in [3.63, 3.8) is 0 Å². The Morgan fingerprint density at radius 2 is 2.29 bits per heavy atom. The zero-order valence-corrected chi connectivity index (χ0v) is 14.6. The van der Waals surface area contributed by atoms with Crippen LogP contribution in [0, 0.1) is 8.34 Å². The molecule has 0 spiro atoms. The molecule has 112 valence electrons. The minimum absolute atomic E-state index is 0.142. The van der Waals surface area contributed by atoms with Crippen molar-refractivity contribution in [1.82, 2.24) is 14.9 Å². The summed E-state index contributed by atoms with van der Waals surface area (Å²) in [6, 6.07) is 3.55. The fourth-order valence-corrected chi connectivity index (χ4v) is 2.55. The summed E-state index contributed by atoms with van der Waals surface area (Å²) in [7, 11) is 0. The van der Waals surface area contributed by atoms with Gasteiger partial charge in [0.25, 0.3) is 0 Å². The van der Waals surface area contributed by atoms with Crippen LogP contribution in [0.5, 0.6) is 11.5 Å². The summed E-state index contributed by atoms with van der Waals surface area (Å²) >= 11 is 7.19. The van der Waals surface area contributed by atoms with Gasteiger partial charge in [0.15, 0.2) is 17.3 Å². The number of aromatic amines is 1. The second-order valence-corrected chi connectivity index (χ2v) is 5.69. The molecule has 2 rings (SSSR count). The Morgan fingerprint density at radius 3 is 2.95 bits per heavy atom. The average molecular weight is 418 g/mol. The molecule has 0 atom stereocenters. The highest BCUT2D eigenvalue weighted by Crippen LogP contribution is 2.32. The van der Waals surface area contributed by atoms with E-state index in [2.05, 4.69) is 37.9 Å². The number of ether oxygens (including phenoxy) is 1. The van der Waals surface area contributed by atoms with Gasteiger partial charge in [0.05, 0.1) is 16.4 Å². The minimum Gasteiger partial charge on any atom is -0.504 e. The number of phenols is 1. The Kier molecular flexibility index (Phi) is 5.34. The highest BCUT2D eigenvalue weighted by atomic mass is 127. The standard InChI is InChI=1S/C13H15IN4O2S/c1-3-11-16-17-13(21)18(11)15-7-8-5-9(14)12(19)10(6-8)20-4-2/h5-7,19H,3-4H2,1-2H3,(H,17,21)/b15-7-. The van der Waals surface area contributed by atoms with Crippen molar-refractivity contribution >= 4 is 41.0 Å². The van der Waals surface area contributed by atoms with Crippen LogP contribution >= 0.6 is 34.8 Å². The van der Waals surface area contributed by atoms with Crippen molar-refractivity contribution in [3.05, 3.63) is 31.9 Å². The molecule has 0 aliphatic heterocycles. The molecule has 0 radical (unpaired) electrons. The summed E-state index contributed by atoms with van der Waals surface area (Å²) in [5.41, 5.74) is 0.811. The molecule has 0 bridgehead atoms. The van der Waals surface area contributed by atoms with E-state index in [1.54, 1.807) is 17.0 Å². The molecule has 21 heavy (non-hydrogen) atoms. The lowest BCUT2D eigenvalue weighted by atomic mass is 10.2. The third-order valence-electron chi connectivity index (χ3n) is 2.71. The lowest BCUT2D eigenvalue weighted by molar-refractivity contribution is 0.317. The van der Waals surface area contributed by atoms with E-state index in [0.29, 0.717) is 20.7 Å². The van der Waals surface area contributed by atoms with E-state index in [1.165, 1.54) is 0 Å². The van der Waals surface area contributed by atoms with Crippen molar-refractivity contribution in [2.24, 2.45) is 5.10 Å². The van der Waals surface area contributed by atoms with Gasteiger partial charge < -0.3 is 9.84 Å². The molecule has 2 N–H and O–H groups in total. The fraction of sp³-hybridized carbons (Fsp3) is 0.308. The van der Waals surface area contributed by atoms with Gasteiger partial charge in [-0.2, -0.15) is 14.9 Å². The van der Waals surface area contributed by atoms with Crippen molar-refractivity contribution < 1.29 is 9.84 Å². The maximum absolute atomic E-state index is 9.92. The Labute approximate surface area is 141 Å². The number of aromatic nitrogens is 3. The number of benzene rings is 1. The second kappa shape index (κ2) is 7.03. The van der Waals surface area contributed by atoms with E-state index in [-0.39, 0.29) is 5.75 Å². The van der Waals surface area contributed by atoms with Crippen LogP contribution in [0.3, 0.4) is 0 Å². The van der Waals surface area contributed by atoms with E-state index in [9.17, 15) is 5.11 Å². The Hall–Kier alpha value is -1.42. The molecule has 0 saturated carbocycles. The average Bonchev–Trinajstić information content (AvgIpc) is 2.82. The first-order valence-electron chi connectivity index (χ1n) is 6.42. The van der Waals surface area contributed by atoms with Gasteiger partial charge in [-0.3, -0.25) is 5.10 Å². The number of aryl methyl sites for hydroxylation is 1. The van der Waals surface area contributed by atoms with Gasteiger partial charge in [-0.15, -0.1) is 0 Å². The first-order valence-corrected chi connectivity index (χ1v) is 7.91. The Bertz CT molecular complexity index is 723. The number of rotatable bonds is 5. The van der Waals surface area contributed by atoms with Gasteiger partial charge in [0.1, 0.15) is 0 Å². The maximum Gasteiger partial charge on any atom is 0.216 e. The first-order chi connectivity index (χ1) is 10.1. The topological polar surface area (TPSA) is 75.4 Å². The molecule has 8 heteroatoms. The molecule has 1 aromatic carbocycles. The van der Waals surface area contributed by atoms with Crippen LogP contribution in [0.2, 0.25) is 0 Å². The van der Waals surface area contributed by atoms with Crippen LogP contribution in [-0.4, -0.2) is 32.8 Å². The second-order valence-electron chi connectivity index (χ2n) is 4.14. The highest BCUT2D eigenvalue weighted by molar-refractivity contribution is 14.1. The number of H-pyrrole nitrogens is 1. The number of halogens is 1. The number of nitrogens with zero attached hydrogens (tertiary/aromatic N) is 3. The summed E-state index contributed by atoms with van der Waals surface area (Å²) in [6.07, 6.45) is 2.39. The lowest BCUT2D eigenvalue weighted by Crippen LogP contribution is -1.98. The zero-order chi connectivity index (χ0) is 15.4. The van der Waals surface area contributed by atoms with Crippen molar-refractivity contribution in [3.8, 4) is 11.5 Å². The summed E-state index contributed by atoms with van der Waals surface area (Å²) in [5, 5.41) is 21.1. The fourth-order valence-electron chi connectivity index (χ4n) is 1.73. The van der Waals surface area contributed by atoms with Crippen LogP contribution in [0.1, 0.15) is 25.2 Å². The summed E-state index contributed by atoms with van der Waals surface area (Å²) in [5.74, 6) is 1.34. The van der Waals surface area contributed by atoms with Gasteiger partial charge in [0.2, 0.25) is 4.77 Å². The third kappa shape index (κ3) is 3.62. The summed E-state index contributed by atoms with van der Waals surface area (Å²) < 4.78 is 8.13. The molecule has 0 amide bonds. The molecule has 2 aromatic rings. The van der Waals surface area contributed by atoms with Gasteiger partial charge in [0, 0.05) is 6.42 Å². The Balaban J connectivity index is 2.37. The first kappa shape index (κ1) is 16.0. The van der Waals surface area contributed by atoms with Crippen molar-refractivity contribution in [1.29, 1.82) is 0 Å². The van der Waals surface area contributed by atoms with E-state index in [4.69, 9.17) is 17.0 Å². The van der Waals surface area contributed by atoms with Crippen molar-refractivity contribution in [2.45, 2.75) is 20.3 Å². The number of hydrogen-bond donors (Lipinski definition) is 2. The third-order valence-corrected chi connectivity index (χ3v) is 3.79. The van der Waals surface area contributed by atoms with Gasteiger partial charge in [-0.05, 0) is 59.4 Å². The summed E-state index contributed by atoms with van der Waals surface area (Å²) in [6.45, 7) is 4.33. The molecule has 0 unspecified atom stereocenters. The number of nitrogens with one attached hydrogen (secondary N) is 1. The van der Waals surface area contributed by atoms with Gasteiger partial charge in [-0.25, -0.2) is 0 Å². The SMILES string of the molecule is CCOc1cc(/C=N\n2c(CC)n[nH]c2=S)cc(I)c1O. The normalized spacial score (nSPS) is 11.2. The molecule has 1 aromatic heterocycles. The zero-order valence-electron chi connectivity index (χ0n) is 11.6. The molecular formula is C13H15IN4O2S. The quantitative estimate of drug-likeness (QED) is 0.445. The lowest BCUT2D eigenvalue weighted by Gasteiger charge is -2.08. The number of aromatic hydroxyl groups is 1. The van der Waals surface area contributed by atoms with E-state index in [0.717, 1.165) is 17.8 Å². The van der Waals surface area contributed by atoms with Crippen LogP contribution in [0.25, 0.3) is 0 Å². The molecule has 0 saturated heterocycles. The van der Waals surface area contributed by atoms with Crippen molar-refractivity contribution in [2.75, 3.05) is 6.61 Å². The van der Waals surface area contributed by atoms with Gasteiger partial charge in [-0.1, -0.05) is 6.92 Å². The maximum atomic E-state index is 9.92. The van der Waals surface area contributed by atoms with Crippen LogP contribution in [-0.2, 0) is 6.42 Å². The monoisotopic (exact) mass is 418 g/mol. The van der Waals surface area contributed by atoms with Crippen LogP contribution in [0.15, 0.2) is 17.2 Å². The summed E-state index contributed by atoms with van der Waals surface area (Å²) in [4.78, 5) is 0. The predicted molar refractivity (Wildman–Crippen MR) is 91.8 cm³/mol. The highest BCUT2D eigenvalue weighted by Gasteiger charge is 2.08. The Morgan fingerprint density at radius 1 is 1.52 bits per heavy atom. The molecule has 1 heterocycles. The molecule has 0 aliphatic carbocycles. The number of hydrogen-bond acceptors (Lipinski definition) is 5. The molecule has 6 nitrogen and oxygen atoms in total. The van der Waals surface area contributed by atoms with E-state index < -0.39 is 0 Å². The molecule has 0 aliphatic rings. The molecule has 0 fully saturated rings. The molecular weight excluding hydrogens is 403 g/mol.